The first-order valence-corrected chi connectivity index (χ1v) is 6.83. The van der Waals surface area contributed by atoms with E-state index in [4.69, 9.17) is 5.73 Å². The molecule has 0 aliphatic carbocycles. The molecule has 114 valence electrons. The maximum absolute atomic E-state index is 12.8. The van der Waals surface area contributed by atoms with Crippen LogP contribution in [-0.4, -0.2) is 9.97 Å². The first-order chi connectivity index (χ1) is 10.4. The summed E-state index contributed by atoms with van der Waals surface area (Å²) in [6, 6.07) is 5.68. The van der Waals surface area contributed by atoms with Gasteiger partial charge in [0.1, 0.15) is 5.65 Å². The predicted molar refractivity (Wildman–Crippen MR) is 80.3 cm³/mol. The molecule has 2 aromatic heterocycles. The summed E-state index contributed by atoms with van der Waals surface area (Å²) in [6.07, 6.45) is -0.0794. The molecule has 0 amide bonds. The van der Waals surface area contributed by atoms with E-state index >= 15 is 0 Å². The topological polar surface area (TPSA) is 54.7 Å². The summed E-state index contributed by atoms with van der Waals surface area (Å²) in [4.78, 5) is 7.38. The Labute approximate surface area is 125 Å². The molecule has 22 heavy (non-hydrogen) atoms. The third-order valence-electron chi connectivity index (χ3n) is 3.69. The molecular formula is C16H14F3N3. The van der Waals surface area contributed by atoms with Gasteiger partial charge < -0.3 is 10.7 Å². The summed E-state index contributed by atoms with van der Waals surface area (Å²) in [5.41, 5.74) is 7.68. The van der Waals surface area contributed by atoms with Gasteiger partial charge in [0.15, 0.2) is 0 Å². The van der Waals surface area contributed by atoms with E-state index in [1.54, 1.807) is 6.20 Å². The molecule has 0 unspecified atom stereocenters. The third kappa shape index (κ3) is 2.41. The lowest BCUT2D eigenvalue weighted by molar-refractivity contribution is -0.136. The highest BCUT2D eigenvalue weighted by atomic mass is 19.4. The zero-order chi connectivity index (χ0) is 15.9. The van der Waals surface area contributed by atoms with Crippen molar-refractivity contribution in [2.24, 2.45) is 0 Å². The molecule has 2 heterocycles. The van der Waals surface area contributed by atoms with Crippen LogP contribution in [0.3, 0.4) is 0 Å². The van der Waals surface area contributed by atoms with Crippen LogP contribution >= 0.6 is 0 Å². The monoisotopic (exact) mass is 305 g/mol. The molecule has 0 fully saturated rings. The number of benzene rings is 1. The second-order valence-electron chi connectivity index (χ2n) is 5.09. The number of aromatic amines is 1. The van der Waals surface area contributed by atoms with Gasteiger partial charge in [-0.15, -0.1) is 0 Å². The van der Waals surface area contributed by atoms with Crippen molar-refractivity contribution in [3.05, 3.63) is 47.8 Å². The molecule has 3 N–H and O–H groups in total. The van der Waals surface area contributed by atoms with Crippen LogP contribution in [0.2, 0.25) is 0 Å². The largest absolute Gasteiger partial charge is 0.418 e. The van der Waals surface area contributed by atoms with Crippen molar-refractivity contribution >= 4 is 16.7 Å². The number of pyridine rings is 1. The van der Waals surface area contributed by atoms with Gasteiger partial charge >= 0.3 is 6.18 Å². The summed E-state index contributed by atoms with van der Waals surface area (Å²) in [6.45, 7) is 2.03. The van der Waals surface area contributed by atoms with E-state index in [0.717, 1.165) is 34.6 Å². The molecule has 0 radical (unpaired) electrons. The van der Waals surface area contributed by atoms with Crippen LogP contribution in [0.4, 0.5) is 18.9 Å². The number of fused-ring (bicyclic) bond motifs is 1. The van der Waals surface area contributed by atoms with Gasteiger partial charge in [-0.05, 0) is 35.7 Å². The number of alkyl halides is 3. The maximum Gasteiger partial charge on any atom is 0.418 e. The summed E-state index contributed by atoms with van der Waals surface area (Å²) in [5, 5.41) is 0.971. The number of rotatable bonds is 2. The zero-order valence-electron chi connectivity index (χ0n) is 11.8. The number of H-pyrrole nitrogens is 1. The number of hydrogen-bond acceptors (Lipinski definition) is 2. The second kappa shape index (κ2) is 5.05. The Morgan fingerprint density at radius 1 is 1.18 bits per heavy atom. The lowest BCUT2D eigenvalue weighted by Gasteiger charge is -2.11. The van der Waals surface area contributed by atoms with Gasteiger partial charge in [-0.3, -0.25) is 0 Å². The second-order valence-corrected chi connectivity index (χ2v) is 5.09. The van der Waals surface area contributed by atoms with E-state index in [-0.39, 0.29) is 5.69 Å². The highest BCUT2D eigenvalue weighted by Crippen LogP contribution is 2.36. The van der Waals surface area contributed by atoms with Crippen LogP contribution in [0.1, 0.15) is 18.1 Å². The number of nitrogens with two attached hydrogens (primary N) is 1. The molecule has 0 saturated carbocycles. The predicted octanol–water partition coefficient (Wildman–Crippen LogP) is 4.39. The van der Waals surface area contributed by atoms with Crippen LogP contribution in [0.15, 0.2) is 36.7 Å². The van der Waals surface area contributed by atoms with Crippen molar-refractivity contribution in [1.82, 2.24) is 9.97 Å². The van der Waals surface area contributed by atoms with Gasteiger partial charge in [0, 0.05) is 29.0 Å². The van der Waals surface area contributed by atoms with Gasteiger partial charge in [0.25, 0.3) is 0 Å². The Morgan fingerprint density at radius 2 is 1.95 bits per heavy atom. The van der Waals surface area contributed by atoms with Crippen LogP contribution in [-0.2, 0) is 12.6 Å². The van der Waals surface area contributed by atoms with E-state index in [0.29, 0.717) is 5.56 Å². The van der Waals surface area contributed by atoms with Crippen LogP contribution in [0.5, 0.6) is 0 Å². The van der Waals surface area contributed by atoms with Crippen LogP contribution < -0.4 is 5.73 Å². The molecule has 0 saturated heterocycles. The smallest absolute Gasteiger partial charge is 0.398 e. The van der Waals surface area contributed by atoms with Crippen molar-refractivity contribution in [2.75, 3.05) is 5.73 Å². The highest BCUT2D eigenvalue weighted by molar-refractivity contribution is 5.85. The van der Waals surface area contributed by atoms with E-state index in [1.165, 1.54) is 12.1 Å². The summed E-state index contributed by atoms with van der Waals surface area (Å²) in [7, 11) is 0. The number of aryl methyl sites for hydroxylation is 1. The SMILES string of the molecule is CCc1c[nH]c2ncc(-c3ccc(C(F)(F)F)c(N)c3)cc12. The van der Waals surface area contributed by atoms with Gasteiger partial charge in [-0.2, -0.15) is 13.2 Å². The average Bonchev–Trinajstić information content (AvgIpc) is 2.87. The number of aromatic nitrogens is 2. The van der Waals surface area contributed by atoms with E-state index < -0.39 is 11.7 Å². The maximum atomic E-state index is 12.8. The highest BCUT2D eigenvalue weighted by Gasteiger charge is 2.32. The third-order valence-corrected chi connectivity index (χ3v) is 3.69. The summed E-state index contributed by atoms with van der Waals surface area (Å²) < 4.78 is 38.3. The first-order valence-electron chi connectivity index (χ1n) is 6.83. The molecule has 0 aliphatic heterocycles. The molecule has 3 rings (SSSR count). The van der Waals surface area contributed by atoms with Gasteiger partial charge in [0.05, 0.1) is 5.56 Å². The molecule has 0 bridgehead atoms. The van der Waals surface area contributed by atoms with Crippen molar-refractivity contribution in [3.63, 3.8) is 0 Å². The number of nitrogen functional groups attached to an aromatic ring is 1. The van der Waals surface area contributed by atoms with E-state index in [1.807, 2.05) is 19.2 Å². The van der Waals surface area contributed by atoms with Gasteiger partial charge in [0.2, 0.25) is 0 Å². The summed E-state index contributed by atoms with van der Waals surface area (Å²) >= 11 is 0. The fourth-order valence-corrected chi connectivity index (χ4v) is 2.51. The Kier molecular flexibility index (Phi) is 3.31. The molecule has 1 aromatic carbocycles. The molecule has 6 heteroatoms. The zero-order valence-corrected chi connectivity index (χ0v) is 11.8. The lowest BCUT2D eigenvalue weighted by Crippen LogP contribution is -2.08. The van der Waals surface area contributed by atoms with Crippen molar-refractivity contribution < 1.29 is 13.2 Å². The average molecular weight is 305 g/mol. The Morgan fingerprint density at radius 3 is 2.59 bits per heavy atom. The molecule has 3 nitrogen and oxygen atoms in total. The molecule has 0 atom stereocenters. The van der Waals surface area contributed by atoms with Crippen LogP contribution in [0, 0.1) is 0 Å². The Hall–Kier alpha value is -2.50. The van der Waals surface area contributed by atoms with Crippen molar-refractivity contribution in [2.45, 2.75) is 19.5 Å². The number of nitrogens with zero attached hydrogens (tertiary/aromatic N) is 1. The normalized spacial score (nSPS) is 12.0. The lowest BCUT2D eigenvalue weighted by atomic mass is 10.0. The van der Waals surface area contributed by atoms with Gasteiger partial charge in [-0.1, -0.05) is 13.0 Å². The van der Waals surface area contributed by atoms with Gasteiger partial charge in [-0.25, -0.2) is 4.98 Å². The van der Waals surface area contributed by atoms with Crippen molar-refractivity contribution in [1.29, 1.82) is 0 Å². The van der Waals surface area contributed by atoms with Crippen LogP contribution in [0.25, 0.3) is 22.2 Å². The van der Waals surface area contributed by atoms with E-state index in [2.05, 4.69) is 9.97 Å². The first kappa shape index (κ1) is 14.4. The number of nitrogens with one attached hydrogen (secondary N) is 1. The summed E-state index contributed by atoms with van der Waals surface area (Å²) in [5.74, 6) is 0. The van der Waals surface area contributed by atoms with Crippen molar-refractivity contribution in [3.8, 4) is 11.1 Å². The minimum Gasteiger partial charge on any atom is -0.398 e. The Balaban J connectivity index is 2.09. The minimum absolute atomic E-state index is 0.283. The quantitative estimate of drug-likeness (QED) is 0.690. The fourth-order valence-electron chi connectivity index (χ4n) is 2.51. The Bertz CT molecular complexity index is 834. The molecule has 0 spiro atoms. The molecule has 0 aliphatic rings. The molecule has 3 aromatic rings. The standard InChI is InChI=1S/C16H14F3N3/c1-2-9-7-21-15-12(9)5-11(8-22-15)10-3-4-13(14(20)6-10)16(17,18)19/h3-8H,2,20H2,1H3,(H,21,22). The number of halogens is 3. The minimum atomic E-state index is -4.44. The number of hydrogen-bond donors (Lipinski definition) is 2. The van der Waals surface area contributed by atoms with E-state index in [9.17, 15) is 13.2 Å². The number of anilines is 1. The fraction of sp³-hybridized carbons (Fsp3) is 0.188. The molecular weight excluding hydrogens is 291 g/mol.